The summed E-state index contributed by atoms with van der Waals surface area (Å²) in [5, 5.41) is 2.29. The summed E-state index contributed by atoms with van der Waals surface area (Å²) < 4.78 is 14.0. The Bertz CT molecular complexity index is 3290. The van der Waals surface area contributed by atoms with Gasteiger partial charge in [-0.05, 0) is 132 Å². The first-order valence-electron chi connectivity index (χ1n) is 21.7. The van der Waals surface area contributed by atoms with Gasteiger partial charge in [-0.25, -0.2) is 4.39 Å². The van der Waals surface area contributed by atoms with Crippen LogP contribution in [-0.4, -0.2) is 0 Å². The molecule has 0 saturated carbocycles. The molecule has 0 aromatic heterocycles. The Morgan fingerprint density at radius 2 is 0.841 bits per heavy atom. The fraction of sp³-hybridized carbons (Fsp3) is 0.0492. The van der Waals surface area contributed by atoms with E-state index in [2.05, 4.69) is 225 Å². The number of para-hydroxylation sites is 1. The molecule has 0 unspecified atom stereocenters. The Labute approximate surface area is 369 Å². The number of halogens is 1. The van der Waals surface area contributed by atoms with E-state index < -0.39 is 0 Å². The quantitative estimate of drug-likeness (QED) is 0.148. The second kappa shape index (κ2) is 15.6. The summed E-state index contributed by atoms with van der Waals surface area (Å²) in [6, 6.07) is 81.6. The lowest BCUT2D eigenvalue weighted by atomic mass is 9.82. The van der Waals surface area contributed by atoms with Gasteiger partial charge in [0.1, 0.15) is 5.82 Å². The van der Waals surface area contributed by atoms with Crippen LogP contribution in [0.2, 0.25) is 0 Å². The van der Waals surface area contributed by atoms with Crippen LogP contribution in [0.5, 0.6) is 0 Å². The van der Waals surface area contributed by atoms with Crippen molar-refractivity contribution in [1.29, 1.82) is 0 Å². The summed E-state index contributed by atoms with van der Waals surface area (Å²) in [4.78, 5) is 2.40. The lowest BCUT2D eigenvalue weighted by molar-refractivity contribution is 0.628. The van der Waals surface area contributed by atoms with E-state index in [1.807, 2.05) is 12.1 Å². The van der Waals surface area contributed by atoms with Crippen LogP contribution in [0.15, 0.2) is 231 Å². The molecule has 1 aliphatic rings. The van der Waals surface area contributed by atoms with E-state index in [0.717, 1.165) is 66.8 Å². The van der Waals surface area contributed by atoms with Gasteiger partial charge < -0.3 is 4.90 Å². The van der Waals surface area contributed by atoms with E-state index in [-0.39, 0.29) is 11.2 Å². The van der Waals surface area contributed by atoms with Gasteiger partial charge >= 0.3 is 0 Å². The SMILES string of the molecule is CC1(C)c2ccccc2-c2cc(-c3ccccc3N(c3ccc(-c4cccc5cccc(-c6ccc(F)cc6)c45)cc3)c3cccc(-c4ccc(-c5ccccc5)cc4)c3)ccc21. The first kappa shape index (κ1) is 38.1. The highest BCUT2D eigenvalue weighted by Crippen LogP contribution is 2.51. The molecule has 10 aromatic carbocycles. The van der Waals surface area contributed by atoms with Gasteiger partial charge in [0, 0.05) is 22.4 Å². The van der Waals surface area contributed by atoms with Crippen molar-refractivity contribution < 1.29 is 4.39 Å². The monoisotopic (exact) mass is 809 g/mol. The van der Waals surface area contributed by atoms with Crippen molar-refractivity contribution in [3.63, 3.8) is 0 Å². The maximum Gasteiger partial charge on any atom is 0.123 e. The number of fused-ring (bicyclic) bond motifs is 4. The van der Waals surface area contributed by atoms with Crippen molar-refractivity contribution in [3.8, 4) is 66.8 Å². The molecule has 0 radical (unpaired) electrons. The molecule has 0 saturated heterocycles. The molecular weight excluding hydrogens is 766 g/mol. The lowest BCUT2D eigenvalue weighted by Crippen LogP contribution is -2.14. The molecule has 11 rings (SSSR count). The average molecular weight is 810 g/mol. The predicted octanol–water partition coefficient (Wildman–Crippen LogP) is 17.1. The summed E-state index contributed by atoms with van der Waals surface area (Å²) >= 11 is 0. The number of hydrogen-bond acceptors (Lipinski definition) is 1. The fourth-order valence-corrected chi connectivity index (χ4v) is 9.78. The Balaban J connectivity index is 1.05. The summed E-state index contributed by atoms with van der Waals surface area (Å²) in [6.07, 6.45) is 0. The van der Waals surface area contributed by atoms with Crippen molar-refractivity contribution in [2.75, 3.05) is 4.90 Å². The zero-order chi connectivity index (χ0) is 42.5. The number of nitrogens with zero attached hydrogens (tertiary/aromatic N) is 1. The molecule has 1 nitrogen and oxygen atoms in total. The van der Waals surface area contributed by atoms with Gasteiger partial charge in [-0.1, -0.05) is 196 Å². The summed E-state index contributed by atoms with van der Waals surface area (Å²) in [5.41, 5.74) is 19.8. The van der Waals surface area contributed by atoms with Gasteiger partial charge in [-0.2, -0.15) is 0 Å². The maximum absolute atomic E-state index is 14.0. The van der Waals surface area contributed by atoms with E-state index in [1.54, 1.807) is 0 Å². The van der Waals surface area contributed by atoms with E-state index in [4.69, 9.17) is 0 Å². The Morgan fingerprint density at radius 3 is 1.56 bits per heavy atom. The molecule has 0 bridgehead atoms. The van der Waals surface area contributed by atoms with Crippen LogP contribution in [0.25, 0.3) is 77.5 Å². The topological polar surface area (TPSA) is 3.24 Å². The van der Waals surface area contributed by atoms with Gasteiger partial charge in [0.15, 0.2) is 0 Å². The van der Waals surface area contributed by atoms with Crippen LogP contribution in [0.4, 0.5) is 21.5 Å². The molecule has 300 valence electrons. The van der Waals surface area contributed by atoms with E-state index in [0.29, 0.717) is 0 Å². The molecule has 0 N–H and O–H groups in total. The smallest absolute Gasteiger partial charge is 0.123 e. The second-order valence-corrected chi connectivity index (χ2v) is 17.0. The number of rotatable bonds is 8. The van der Waals surface area contributed by atoms with Crippen molar-refractivity contribution in [1.82, 2.24) is 0 Å². The van der Waals surface area contributed by atoms with Crippen LogP contribution in [0, 0.1) is 5.82 Å². The first-order chi connectivity index (χ1) is 30.9. The van der Waals surface area contributed by atoms with E-state index >= 15 is 0 Å². The van der Waals surface area contributed by atoms with Crippen molar-refractivity contribution in [3.05, 3.63) is 247 Å². The van der Waals surface area contributed by atoms with Crippen LogP contribution in [0.3, 0.4) is 0 Å². The molecule has 10 aromatic rings. The average Bonchev–Trinajstić information content (AvgIpc) is 3.57. The maximum atomic E-state index is 14.0. The van der Waals surface area contributed by atoms with Crippen LogP contribution < -0.4 is 4.90 Å². The summed E-state index contributed by atoms with van der Waals surface area (Å²) in [6.45, 7) is 4.67. The number of benzene rings is 10. The van der Waals surface area contributed by atoms with Gasteiger partial charge in [0.05, 0.1) is 5.69 Å². The van der Waals surface area contributed by atoms with Gasteiger partial charge in [-0.15, -0.1) is 0 Å². The molecule has 0 atom stereocenters. The molecular formula is C61H44FN. The highest BCUT2D eigenvalue weighted by molar-refractivity contribution is 6.06. The van der Waals surface area contributed by atoms with Crippen molar-refractivity contribution >= 4 is 27.8 Å². The Kier molecular flexibility index (Phi) is 9.43. The van der Waals surface area contributed by atoms with Gasteiger partial charge in [0.25, 0.3) is 0 Å². The predicted molar refractivity (Wildman–Crippen MR) is 263 cm³/mol. The molecule has 63 heavy (non-hydrogen) atoms. The Morgan fingerprint density at radius 1 is 0.333 bits per heavy atom. The van der Waals surface area contributed by atoms with Crippen molar-refractivity contribution in [2.45, 2.75) is 19.3 Å². The fourth-order valence-electron chi connectivity index (χ4n) is 9.78. The van der Waals surface area contributed by atoms with E-state index in [9.17, 15) is 4.39 Å². The third-order valence-corrected chi connectivity index (χ3v) is 13.0. The molecule has 2 heteroatoms. The standard InChI is InChI=1S/C61H44FN/c1-61(2)57-23-8-6-20-55(57)56-40-48(33-38-58(56)61)52-19-7-9-24-59(52)63(51-18-10-17-47(39-51)43-27-25-42(26-28-43)41-13-4-3-5-14-41)50-36-31-45(32-37-50)54-22-12-16-46-15-11-21-53(60(46)54)44-29-34-49(62)35-30-44/h3-40H,1-2H3. The molecule has 0 heterocycles. The third kappa shape index (κ3) is 6.81. The highest BCUT2D eigenvalue weighted by Gasteiger charge is 2.35. The third-order valence-electron chi connectivity index (χ3n) is 13.0. The van der Waals surface area contributed by atoms with Crippen molar-refractivity contribution in [2.24, 2.45) is 0 Å². The minimum absolute atomic E-state index is 0.0681. The number of anilines is 3. The molecule has 0 amide bonds. The van der Waals surface area contributed by atoms with E-state index in [1.165, 1.54) is 51.1 Å². The highest BCUT2D eigenvalue weighted by atomic mass is 19.1. The molecule has 0 fully saturated rings. The first-order valence-corrected chi connectivity index (χ1v) is 21.7. The van der Waals surface area contributed by atoms with Crippen LogP contribution in [0.1, 0.15) is 25.0 Å². The summed E-state index contributed by atoms with van der Waals surface area (Å²) in [7, 11) is 0. The largest absolute Gasteiger partial charge is 0.310 e. The van der Waals surface area contributed by atoms with Gasteiger partial charge in [0.2, 0.25) is 0 Å². The number of hydrogen-bond donors (Lipinski definition) is 0. The molecule has 1 aliphatic carbocycles. The normalized spacial score (nSPS) is 12.5. The minimum Gasteiger partial charge on any atom is -0.310 e. The zero-order valence-corrected chi connectivity index (χ0v) is 35.3. The lowest BCUT2D eigenvalue weighted by Gasteiger charge is -2.29. The Hall–Kier alpha value is -7.81. The minimum atomic E-state index is -0.238. The van der Waals surface area contributed by atoms with Gasteiger partial charge in [-0.3, -0.25) is 0 Å². The molecule has 0 spiro atoms. The zero-order valence-electron chi connectivity index (χ0n) is 35.3. The van der Waals surface area contributed by atoms with Crippen LogP contribution >= 0.6 is 0 Å². The summed E-state index contributed by atoms with van der Waals surface area (Å²) in [5.74, 6) is -0.238. The van der Waals surface area contributed by atoms with Crippen LogP contribution in [-0.2, 0) is 5.41 Å². The molecule has 0 aliphatic heterocycles. The second-order valence-electron chi connectivity index (χ2n) is 17.0.